The number of halogens is 2. The molecule has 0 radical (unpaired) electrons. The molecule has 0 saturated heterocycles. The molecule has 0 heterocycles. The summed E-state index contributed by atoms with van der Waals surface area (Å²) in [6.45, 7) is 5.54. The van der Waals surface area contributed by atoms with Crippen LogP contribution in [-0.4, -0.2) is 37.5 Å². The Bertz CT molecular complexity index is 582. The molecule has 21 heavy (non-hydrogen) atoms. The second kappa shape index (κ2) is 6.81. The van der Waals surface area contributed by atoms with E-state index in [2.05, 4.69) is 0 Å². The van der Waals surface area contributed by atoms with Crippen molar-refractivity contribution >= 4 is 10.0 Å². The van der Waals surface area contributed by atoms with Crippen LogP contribution >= 0.6 is 0 Å². The molecular formula is C14H21F2NO3S. The normalized spacial score (nSPS) is 12.9. The van der Waals surface area contributed by atoms with Crippen molar-refractivity contribution in [2.45, 2.75) is 32.1 Å². The first kappa shape index (κ1) is 18.0. The Morgan fingerprint density at radius 3 is 2.38 bits per heavy atom. The van der Waals surface area contributed by atoms with Crippen LogP contribution in [0.5, 0.6) is 0 Å². The van der Waals surface area contributed by atoms with Gasteiger partial charge < -0.3 is 5.11 Å². The summed E-state index contributed by atoms with van der Waals surface area (Å²) in [5, 5.41) is 8.89. The van der Waals surface area contributed by atoms with Crippen molar-refractivity contribution in [3.8, 4) is 0 Å². The number of benzene rings is 1. The Hall–Kier alpha value is -1.05. The van der Waals surface area contributed by atoms with Gasteiger partial charge in [-0.25, -0.2) is 17.2 Å². The fourth-order valence-electron chi connectivity index (χ4n) is 1.87. The number of nitrogens with zero attached hydrogens (tertiary/aromatic N) is 1. The Morgan fingerprint density at radius 2 is 1.86 bits per heavy atom. The minimum absolute atomic E-state index is 0.0477. The van der Waals surface area contributed by atoms with Gasteiger partial charge in [-0.05, 0) is 30.0 Å². The van der Waals surface area contributed by atoms with Crippen molar-refractivity contribution in [2.24, 2.45) is 5.41 Å². The molecule has 120 valence electrons. The first-order valence-electron chi connectivity index (χ1n) is 6.64. The van der Waals surface area contributed by atoms with Crippen molar-refractivity contribution in [3.05, 3.63) is 29.8 Å². The van der Waals surface area contributed by atoms with Crippen LogP contribution in [0.4, 0.5) is 8.78 Å². The molecule has 0 aliphatic rings. The van der Waals surface area contributed by atoms with Crippen LogP contribution in [0.1, 0.15) is 27.2 Å². The van der Waals surface area contributed by atoms with Crippen molar-refractivity contribution in [2.75, 3.05) is 19.7 Å². The number of hydrogen-bond acceptors (Lipinski definition) is 3. The van der Waals surface area contributed by atoms with Crippen molar-refractivity contribution in [1.29, 1.82) is 0 Å². The maximum atomic E-state index is 13.8. The quantitative estimate of drug-likeness (QED) is 0.875. The van der Waals surface area contributed by atoms with Crippen LogP contribution in [0, 0.1) is 17.0 Å². The lowest BCUT2D eigenvalue weighted by molar-refractivity contribution is 0.240. The van der Waals surface area contributed by atoms with Crippen LogP contribution < -0.4 is 0 Å². The first-order chi connectivity index (χ1) is 9.58. The third kappa shape index (κ3) is 5.01. The highest BCUT2D eigenvalue weighted by Crippen LogP contribution is 2.24. The molecule has 1 rings (SSSR count). The van der Waals surface area contributed by atoms with Crippen LogP contribution in [-0.2, 0) is 10.0 Å². The zero-order valence-electron chi connectivity index (χ0n) is 12.4. The predicted molar refractivity (Wildman–Crippen MR) is 76.3 cm³/mol. The molecule has 0 aliphatic heterocycles. The Kier molecular flexibility index (Phi) is 5.83. The molecule has 0 aromatic heterocycles. The van der Waals surface area contributed by atoms with Gasteiger partial charge in [0.15, 0.2) is 0 Å². The van der Waals surface area contributed by atoms with E-state index in [-0.39, 0.29) is 31.5 Å². The fourth-order valence-corrected chi connectivity index (χ4v) is 3.66. The maximum absolute atomic E-state index is 13.8. The highest BCUT2D eigenvalue weighted by Gasteiger charge is 2.30. The van der Waals surface area contributed by atoms with E-state index in [0.717, 1.165) is 16.4 Å². The molecule has 0 bridgehead atoms. The van der Waals surface area contributed by atoms with E-state index in [1.54, 1.807) is 0 Å². The van der Waals surface area contributed by atoms with Gasteiger partial charge in [-0.1, -0.05) is 20.8 Å². The number of sulfonamides is 1. The molecule has 4 nitrogen and oxygen atoms in total. The van der Waals surface area contributed by atoms with Gasteiger partial charge in [0.25, 0.3) is 0 Å². The number of aliphatic hydroxyl groups excluding tert-OH is 1. The summed E-state index contributed by atoms with van der Waals surface area (Å²) in [7, 11) is -4.15. The lowest BCUT2D eigenvalue weighted by Crippen LogP contribution is -2.39. The molecule has 0 unspecified atom stereocenters. The van der Waals surface area contributed by atoms with Gasteiger partial charge in [-0.3, -0.25) is 0 Å². The summed E-state index contributed by atoms with van der Waals surface area (Å²) in [6, 6.07) is 2.35. The van der Waals surface area contributed by atoms with Crippen LogP contribution in [0.2, 0.25) is 0 Å². The summed E-state index contributed by atoms with van der Waals surface area (Å²) < 4.78 is 53.1. The SMILES string of the molecule is CC(C)(C)CN(CCCO)S(=O)(=O)c1cc(F)ccc1F. The summed E-state index contributed by atoms with van der Waals surface area (Å²) in [4.78, 5) is -0.676. The summed E-state index contributed by atoms with van der Waals surface area (Å²) in [6.07, 6.45) is 0.228. The molecule has 7 heteroatoms. The Morgan fingerprint density at radius 1 is 1.24 bits per heavy atom. The largest absolute Gasteiger partial charge is 0.396 e. The molecule has 0 atom stereocenters. The van der Waals surface area contributed by atoms with Crippen LogP contribution in [0.15, 0.2) is 23.1 Å². The second-order valence-electron chi connectivity index (χ2n) is 6.05. The molecule has 1 aromatic carbocycles. The lowest BCUT2D eigenvalue weighted by atomic mass is 9.97. The third-order valence-corrected chi connectivity index (χ3v) is 4.59. The predicted octanol–water partition coefficient (Wildman–Crippen LogP) is 2.38. The van der Waals surface area contributed by atoms with E-state index < -0.39 is 26.6 Å². The van der Waals surface area contributed by atoms with Gasteiger partial charge >= 0.3 is 0 Å². The second-order valence-corrected chi connectivity index (χ2v) is 7.96. The van der Waals surface area contributed by atoms with Gasteiger partial charge in [-0.15, -0.1) is 0 Å². The van der Waals surface area contributed by atoms with Crippen LogP contribution in [0.3, 0.4) is 0 Å². The van der Waals surface area contributed by atoms with E-state index in [0.29, 0.717) is 6.07 Å². The fraction of sp³-hybridized carbons (Fsp3) is 0.571. The standard InChI is InChI=1S/C14H21F2NO3S/c1-14(2,3)10-17(7-4-8-18)21(19,20)13-9-11(15)5-6-12(13)16/h5-6,9,18H,4,7-8,10H2,1-3H3. The lowest BCUT2D eigenvalue weighted by Gasteiger charge is -2.29. The average molecular weight is 321 g/mol. The van der Waals surface area contributed by atoms with E-state index in [1.807, 2.05) is 20.8 Å². The molecule has 0 fully saturated rings. The molecule has 1 N–H and O–H groups in total. The minimum atomic E-state index is -4.15. The molecule has 0 amide bonds. The molecule has 1 aromatic rings. The third-order valence-electron chi connectivity index (χ3n) is 2.73. The topological polar surface area (TPSA) is 57.6 Å². The highest BCUT2D eigenvalue weighted by atomic mass is 32.2. The van der Waals surface area contributed by atoms with Gasteiger partial charge in [0.1, 0.15) is 16.5 Å². The average Bonchev–Trinajstić information content (AvgIpc) is 2.35. The summed E-state index contributed by atoms with van der Waals surface area (Å²) in [5.74, 6) is -1.80. The smallest absolute Gasteiger partial charge is 0.246 e. The van der Waals surface area contributed by atoms with Gasteiger partial charge in [0.05, 0.1) is 0 Å². The Balaban J connectivity index is 3.22. The monoisotopic (exact) mass is 321 g/mol. The van der Waals surface area contributed by atoms with Gasteiger partial charge in [0.2, 0.25) is 10.0 Å². The molecule has 0 spiro atoms. The van der Waals surface area contributed by atoms with E-state index >= 15 is 0 Å². The van der Waals surface area contributed by atoms with E-state index in [4.69, 9.17) is 5.11 Å². The number of aliphatic hydroxyl groups is 1. The molecule has 0 aliphatic carbocycles. The van der Waals surface area contributed by atoms with E-state index in [9.17, 15) is 17.2 Å². The minimum Gasteiger partial charge on any atom is -0.396 e. The Labute approximate surface area is 124 Å². The van der Waals surface area contributed by atoms with Crippen molar-refractivity contribution in [1.82, 2.24) is 4.31 Å². The molecule has 0 saturated carbocycles. The van der Waals surface area contributed by atoms with Crippen LogP contribution in [0.25, 0.3) is 0 Å². The maximum Gasteiger partial charge on any atom is 0.246 e. The zero-order chi connectivity index (χ0) is 16.3. The highest BCUT2D eigenvalue weighted by molar-refractivity contribution is 7.89. The van der Waals surface area contributed by atoms with Gasteiger partial charge in [0, 0.05) is 19.7 Å². The van der Waals surface area contributed by atoms with Crippen molar-refractivity contribution in [3.63, 3.8) is 0 Å². The molecular weight excluding hydrogens is 300 g/mol. The summed E-state index contributed by atoms with van der Waals surface area (Å²) in [5.41, 5.74) is -0.355. The van der Waals surface area contributed by atoms with E-state index in [1.165, 1.54) is 0 Å². The first-order valence-corrected chi connectivity index (χ1v) is 8.08. The zero-order valence-corrected chi connectivity index (χ0v) is 13.3. The van der Waals surface area contributed by atoms with Crippen molar-refractivity contribution < 1.29 is 22.3 Å². The van der Waals surface area contributed by atoms with Gasteiger partial charge in [-0.2, -0.15) is 4.31 Å². The number of rotatable bonds is 6. The number of hydrogen-bond donors (Lipinski definition) is 1. The summed E-state index contributed by atoms with van der Waals surface area (Å²) >= 11 is 0.